The van der Waals surface area contributed by atoms with Crippen molar-refractivity contribution in [2.75, 3.05) is 45.3 Å². The molecule has 0 unspecified atom stereocenters. The fraction of sp³-hybridized carbons (Fsp3) is 0.800. The quantitative estimate of drug-likeness (QED) is 0.422. The lowest BCUT2D eigenvalue weighted by molar-refractivity contribution is -0.140. The second kappa shape index (κ2) is 12.3. The topological polar surface area (TPSA) is 66.9 Å². The molecule has 0 aromatic rings. The number of nitrogens with zero attached hydrogens (tertiary/aromatic N) is 2. The molecule has 6 nitrogen and oxygen atoms in total. The molecule has 0 bridgehead atoms. The van der Waals surface area contributed by atoms with Gasteiger partial charge < -0.3 is 14.5 Å². The van der Waals surface area contributed by atoms with Gasteiger partial charge in [-0.25, -0.2) is 0 Å². The minimum Gasteiger partial charge on any atom is -0.469 e. The number of likely N-dealkylation sites (N-methyl/N-ethyl adjacent to an activating group) is 1. The molecular weight excluding hydrogens is 304 g/mol. The molecule has 128 valence electrons. The fourth-order valence-corrected chi connectivity index (χ4v) is 2.65. The van der Waals surface area contributed by atoms with E-state index in [2.05, 4.69) is 4.74 Å². The first-order valence-electron chi connectivity index (χ1n) is 7.62. The predicted molar refractivity (Wildman–Crippen MR) is 88.8 cm³/mol. The Kier molecular flexibility index (Phi) is 11.6. The molecule has 0 N–H and O–H groups in total. The van der Waals surface area contributed by atoms with Crippen LogP contribution in [0.1, 0.15) is 33.1 Å². The Balaban J connectivity index is 4.11. The van der Waals surface area contributed by atoms with Crippen LogP contribution in [0.5, 0.6) is 0 Å². The maximum atomic E-state index is 11.9. The minimum atomic E-state index is -0.214. The number of rotatable bonds is 11. The molecule has 0 aromatic carbocycles. The molecule has 0 rings (SSSR count). The summed E-state index contributed by atoms with van der Waals surface area (Å²) in [4.78, 5) is 37.9. The molecule has 0 atom stereocenters. The maximum absolute atomic E-state index is 11.9. The molecule has 0 aliphatic heterocycles. The van der Waals surface area contributed by atoms with Gasteiger partial charge in [0.2, 0.25) is 11.8 Å². The van der Waals surface area contributed by atoms with E-state index in [1.165, 1.54) is 7.11 Å². The minimum absolute atomic E-state index is 0.0800. The van der Waals surface area contributed by atoms with E-state index in [0.717, 1.165) is 5.75 Å². The van der Waals surface area contributed by atoms with Gasteiger partial charge in [0.15, 0.2) is 0 Å². The number of esters is 1. The Morgan fingerprint density at radius 1 is 0.955 bits per heavy atom. The molecule has 0 saturated heterocycles. The Hall–Kier alpha value is -1.24. The van der Waals surface area contributed by atoms with Crippen LogP contribution < -0.4 is 0 Å². The molecule has 0 heterocycles. The summed E-state index contributed by atoms with van der Waals surface area (Å²) < 4.78 is 4.58. The van der Waals surface area contributed by atoms with Crippen molar-refractivity contribution in [1.29, 1.82) is 0 Å². The van der Waals surface area contributed by atoms with E-state index in [-0.39, 0.29) is 17.8 Å². The highest BCUT2D eigenvalue weighted by atomic mass is 32.2. The number of methoxy groups -OCH3 is 1. The molecule has 22 heavy (non-hydrogen) atoms. The van der Waals surface area contributed by atoms with Gasteiger partial charge in [-0.05, 0) is 0 Å². The van der Waals surface area contributed by atoms with E-state index in [1.807, 2.05) is 13.8 Å². The highest BCUT2D eigenvalue weighted by molar-refractivity contribution is 7.99. The average molecular weight is 332 g/mol. The molecule has 7 heteroatoms. The summed E-state index contributed by atoms with van der Waals surface area (Å²) in [6, 6.07) is 0. The highest BCUT2D eigenvalue weighted by Gasteiger charge is 2.13. The fourth-order valence-electron chi connectivity index (χ4n) is 1.78. The number of hydrogen-bond acceptors (Lipinski definition) is 5. The van der Waals surface area contributed by atoms with Crippen molar-refractivity contribution in [3.63, 3.8) is 0 Å². The maximum Gasteiger partial charge on any atom is 0.306 e. The van der Waals surface area contributed by atoms with Gasteiger partial charge in [-0.2, -0.15) is 11.8 Å². The van der Waals surface area contributed by atoms with Crippen LogP contribution in [0.25, 0.3) is 0 Å². The lowest BCUT2D eigenvalue weighted by Crippen LogP contribution is -2.40. The standard InChI is InChI=1S/C15H28N2O4S/c1-5-13(18)16(3)8-9-17(14(19)6-2)10-12-22-11-7-15(20)21-4/h5-12H2,1-4H3. The van der Waals surface area contributed by atoms with E-state index in [0.29, 0.717) is 44.6 Å². The van der Waals surface area contributed by atoms with Crippen LogP contribution in [0, 0.1) is 0 Å². The average Bonchev–Trinajstić information content (AvgIpc) is 2.54. The zero-order valence-corrected chi connectivity index (χ0v) is 14.9. The van der Waals surface area contributed by atoms with Crippen LogP contribution in [0.15, 0.2) is 0 Å². The summed E-state index contributed by atoms with van der Waals surface area (Å²) in [5.74, 6) is 1.42. The van der Waals surface area contributed by atoms with Crippen molar-refractivity contribution in [3.05, 3.63) is 0 Å². The van der Waals surface area contributed by atoms with Crippen LogP contribution in [-0.2, 0) is 19.1 Å². The van der Waals surface area contributed by atoms with Crippen molar-refractivity contribution in [1.82, 2.24) is 9.80 Å². The third-order valence-electron chi connectivity index (χ3n) is 3.27. The second-order valence-electron chi connectivity index (χ2n) is 4.84. The van der Waals surface area contributed by atoms with Crippen molar-refractivity contribution < 1.29 is 19.1 Å². The molecule has 0 aliphatic carbocycles. The Labute approximate surface area is 137 Å². The summed E-state index contributed by atoms with van der Waals surface area (Å²) in [5.41, 5.74) is 0. The van der Waals surface area contributed by atoms with E-state index in [9.17, 15) is 14.4 Å². The number of ether oxygens (including phenoxy) is 1. The zero-order chi connectivity index (χ0) is 17.0. The molecule has 0 fully saturated rings. The molecule has 0 radical (unpaired) electrons. The molecule has 0 aliphatic rings. The number of hydrogen-bond donors (Lipinski definition) is 0. The van der Waals surface area contributed by atoms with E-state index in [4.69, 9.17) is 0 Å². The first-order valence-corrected chi connectivity index (χ1v) is 8.77. The second-order valence-corrected chi connectivity index (χ2v) is 6.07. The van der Waals surface area contributed by atoms with Crippen LogP contribution in [0.3, 0.4) is 0 Å². The lowest BCUT2D eigenvalue weighted by atomic mass is 10.3. The Bertz CT molecular complexity index is 363. The predicted octanol–water partition coefficient (Wildman–Crippen LogP) is 1.39. The van der Waals surface area contributed by atoms with Gasteiger partial charge in [0.25, 0.3) is 0 Å². The van der Waals surface area contributed by atoms with E-state index < -0.39 is 0 Å². The Morgan fingerprint density at radius 2 is 1.59 bits per heavy atom. The smallest absolute Gasteiger partial charge is 0.306 e. The molecule has 0 spiro atoms. The van der Waals surface area contributed by atoms with Crippen molar-refractivity contribution in [2.45, 2.75) is 33.1 Å². The van der Waals surface area contributed by atoms with E-state index >= 15 is 0 Å². The van der Waals surface area contributed by atoms with Crippen LogP contribution in [-0.4, -0.2) is 72.9 Å². The Morgan fingerprint density at radius 3 is 2.14 bits per heavy atom. The van der Waals surface area contributed by atoms with Gasteiger partial charge in [-0.3, -0.25) is 14.4 Å². The van der Waals surface area contributed by atoms with Gasteiger partial charge in [-0.15, -0.1) is 0 Å². The van der Waals surface area contributed by atoms with Crippen molar-refractivity contribution in [2.24, 2.45) is 0 Å². The third kappa shape index (κ3) is 8.92. The monoisotopic (exact) mass is 332 g/mol. The van der Waals surface area contributed by atoms with Crippen LogP contribution in [0.4, 0.5) is 0 Å². The first-order chi connectivity index (χ1) is 10.5. The summed E-state index contributed by atoms with van der Waals surface area (Å²) in [6.45, 7) is 5.39. The van der Waals surface area contributed by atoms with Gasteiger partial charge in [0, 0.05) is 51.0 Å². The molecule has 0 aromatic heterocycles. The summed E-state index contributed by atoms with van der Waals surface area (Å²) >= 11 is 1.62. The highest BCUT2D eigenvalue weighted by Crippen LogP contribution is 2.06. The number of carbonyl (C=O) groups excluding carboxylic acids is 3. The van der Waals surface area contributed by atoms with Gasteiger partial charge in [0.05, 0.1) is 13.5 Å². The third-order valence-corrected chi connectivity index (χ3v) is 4.24. The molecule has 0 saturated carbocycles. The summed E-state index contributed by atoms with van der Waals surface area (Å²) in [5, 5.41) is 0. The lowest BCUT2D eigenvalue weighted by Gasteiger charge is -2.25. The van der Waals surface area contributed by atoms with E-state index in [1.54, 1.807) is 28.6 Å². The molecular formula is C15H28N2O4S. The largest absolute Gasteiger partial charge is 0.469 e. The summed E-state index contributed by atoms with van der Waals surface area (Å²) in [7, 11) is 3.13. The van der Waals surface area contributed by atoms with Gasteiger partial charge in [-0.1, -0.05) is 13.8 Å². The van der Waals surface area contributed by atoms with Crippen molar-refractivity contribution in [3.8, 4) is 0 Å². The normalized spacial score (nSPS) is 10.2. The first kappa shape index (κ1) is 20.8. The number of carbonyl (C=O) groups is 3. The molecule has 2 amide bonds. The zero-order valence-electron chi connectivity index (χ0n) is 14.1. The van der Waals surface area contributed by atoms with Crippen LogP contribution >= 0.6 is 11.8 Å². The van der Waals surface area contributed by atoms with Crippen LogP contribution in [0.2, 0.25) is 0 Å². The number of amides is 2. The summed E-state index contributed by atoms with van der Waals surface area (Å²) in [6.07, 6.45) is 1.32. The van der Waals surface area contributed by atoms with Gasteiger partial charge in [0.1, 0.15) is 0 Å². The SMILES string of the molecule is CCC(=O)N(C)CCN(CCSCCC(=O)OC)C(=O)CC. The van der Waals surface area contributed by atoms with Gasteiger partial charge >= 0.3 is 5.97 Å². The van der Waals surface area contributed by atoms with Crippen molar-refractivity contribution >= 4 is 29.5 Å². The number of thioether (sulfide) groups is 1.